The minimum atomic E-state index is -1.31. The van der Waals surface area contributed by atoms with E-state index in [1.54, 1.807) is 0 Å². The van der Waals surface area contributed by atoms with Crippen LogP contribution in [0.5, 0.6) is 0 Å². The van der Waals surface area contributed by atoms with E-state index in [4.69, 9.17) is 4.42 Å². The second-order valence-corrected chi connectivity index (χ2v) is 8.29. The van der Waals surface area contributed by atoms with Gasteiger partial charge in [0.05, 0.1) is 11.4 Å². The van der Waals surface area contributed by atoms with Gasteiger partial charge in [0.25, 0.3) is 0 Å². The van der Waals surface area contributed by atoms with E-state index < -0.39 is 10.8 Å². The molecule has 1 heterocycles. The summed E-state index contributed by atoms with van der Waals surface area (Å²) in [7, 11) is -1.31. The molecule has 2 aromatic rings. The first kappa shape index (κ1) is 20.4. The first-order valence-corrected chi connectivity index (χ1v) is 10.5. The van der Waals surface area contributed by atoms with Gasteiger partial charge in [-0.2, -0.15) is 0 Å². The van der Waals surface area contributed by atoms with Crippen LogP contribution in [0, 0.1) is 12.8 Å². The Morgan fingerprint density at radius 1 is 1.27 bits per heavy atom. The van der Waals surface area contributed by atoms with Crippen molar-refractivity contribution in [2.75, 3.05) is 12.3 Å². The number of aromatic nitrogens is 1. The van der Waals surface area contributed by atoms with Gasteiger partial charge >= 0.3 is 0 Å². The maximum atomic E-state index is 12.3. The molecule has 1 aromatic heterocycles. The van der Waals surface area contributed by atoms with Crippen molar-refractivity contribution in [1.29, 1.82) is 0 Å². The van der Waals surface area contributed by atoms with Gasteiger partial charge in [0, 0.05) is 22.9 Å². The van der Waals surface area contributed by atoms with Crippen LogP contribution in [0.3, 0.4) is 0 Å². The van der Waals surface area contributed by atoms with Crippen LogP contribution in [0.25, 0.3) is 11.5 Å². The van der Waals surface area contributed by atoms with Crippen molar-refractivity contribution in [3.63, 3.8) is 0 Å². The van der Waals surface area contributed by atoms with Crippen molar-refractivity contribution < 1.29 is 13.4 Å². The Kier molecular flexibility index (Phi) is 7.57. The van der Waals surface area contributed by atoms with E-state index in [-0.39, 0.29) is 17.4 Å². The number of amides is 1. The van der Waals surface area contributed by atoms with Crippen molar-refractivity contribution >= 4 is 16.7 Å². The summed E-state index contributed by atoms with van der Waals surface area (Å²) in [6, 6.07) is 8.06. The number of nitrogens with zero attached hydrogens (tertiary/aromatic N) is 1. The van der Waals surface area contributed by atoms with Crippen molar-refractivity contribution in [2.45, 2.75) is 46.3 Å². The molecule has 1 unspecified atom stereocenters. The summed E-state index contributed by atoms with van der Waals surface area (Å²) in [5.41, 5.74) is 2.79. The van der Waals surface area contributed by atoms with Gasteiger partial charge in [0.2, 0.25) is 11.8 Å². The molecule has 0 saturated heterocycles. The summed E-state index contributed by atoms with van der Waals surface area (Å²) in [5.74, 6) is 1.74. The minimum absolute atomic E-state index is 0.00900. The molecule has 1 atom stereocenters. The highest BCUT2D eigenvalue weighted by molar-refractivity contribution is 7.84. The standard InChI is InChI=1S/C20H28N2O3S/c1-5-16-6-8-17(9-7-16)20-22-18(15(4)25-20)12-26(24)13-19(23)21-11-10-14(2)3/h6-9,14H,5,10-13H2,1-4H3,(H,21,23). The van der Waals surface area contributed by atoms with Gasteiger partial charge in [-0.1, -0.05) is 32.9 Å². The highest BCUT2D eigenvalue weighted by atomic mass is 32.2. The third-order valence-electron chi connectivity index (χ3n) is 4.14. The SMILES string of the molecule is CCc1ccc(-c2nc(CS(=O)CC(=O)NCCC(C)C)c(C)o2)cc1. The number of nitrogens with one attached hydrogen (secondary N) is 1. The fourth-order valence-electron chi connectivity index (χ4n) is 2.47. The Labute approximate surface area is 158 Å². The van der Waals surface area contributed by atoms with Gasteiger partial charge in [0.1, 0.15) is 11.5 Å². The van der Waals surface area contributed by atoms with Crippen LogP contribution in [0.2, 0.25) is 0 Å². The topological polar surface area (TPSA) is 72.2 Å². The second kappa shape index (κ2) is 9.67. The minimum Gasteiger partial charge on any atom is -0.441 e. The van der Waals surface area contributed by atoms with Crippen molar-refractivity contribution in [1.82, 2.24) is 10.3 Å². The molecule has 2 rings (SSSR count). The zero-order valence-corrected chi connectivity index (χ0v) is 16.8. The molecule has 0 aliphatic carbocycles. The molecule has 0 bridgehead atoms. The molecule has 1 amide bonds. The predicted molar refractivity (Wildman–Crippen MR) is 105 cm³/mol. The number of benzene rings is 1. The third-order valence-corrected chi connectivity index (χ3v) is 5.32. The van der Waals surface area contributed by atoms with Gasteiger partial charge in [-0.25, -0.2) is 4.98 Å². The lowest BCUT2D eigenvalue weighted by atomic mass is 10.1. The van der Waals surface area contributed by atoms with Gasteiger partial charge in [-0.3, -0.25) is 9.00 Å². The van der Waals surface area contributed by atoms with Crippen LogP contribution in [0.1, 0.15) is 44.2 Å². The van der Waals surface area contributed by atoms with Gasteiger partial charge < -0.3 is 9.73 Å². The molecule has 0 fully saturated rings. The number of carbonyl (C=O) groups excluding carboxylic acids is 1. The maximum absolute atomic E-state index is 12.3. The molecule has 1 aromatic carbocycles. The fraction of sp³-hybridized carbons (Fsp3) is 0.500. The summed E-state index contributed by atoms with van der Waals surface area (Å²) in [4.78, 5) is 16.3. The lowest BCUT2D eigenvalue weighted by Crippen LogP contribution is -2.30. The largest absolute Gasteiger partial charge is 0.441 e. The molecule has 26 heavy (non-hydrogen) atoms. The molecule has 0 saturated carbocycles. The number of rotatable bonds is 9. The lowest BCUT2D eigenvalue weighted by molar-refractivity contribution is -0.118. The molecule has 0 aliphatic heterocycles. The van der Waals surface area contributed by atoms with E-state index in [2.05, 4.69) is 31.1 Å². The lowest BCUT2D eigenvalue weighted by Gasteiger charge is -2.06. The predicted octanol–water partition coefficient (Wildman–Crippen LogP) is 3.62. The Morgan fingerprint density at radius 2 is 1.96 bits per heavy atom. The van der Waals surface area contributed by atoms with Gasteiger partial charge in [-0.15, -0.1) is 0 Å². The van der Waals surface area contributed by atoms with Crippen LogP contribution in [0.15, 0.2) is 28.7 Å². The summed E-state index contributed by atoms with van der Waals surface area (Å²) in [5, 5.41) is 2.81. The van der Waals surface area contributed by atoms with Crippen LogP contribution in [-0.4, -0.2) is 27.4 Å². The van der Waals surface area contributed by atoms with E-state index in [0.717, 1.165) is 18.4 Å². The molecule has 0 radical (unpaired) electrons. The Morgan fingerprint density at radius 3 is 2.58 bits per heavy atom. The molecule has 5 nitrogen and oxygen atoms in total. The van der Waals surface area contributed by atoms with Crippen molar-refractivity contribution in [2.24, 2.45) is 5.92 Å². The zero-order valence-electron chi connectivity index (χ0n) is 16.0. The fourth-order valence-corrected chi connectivity index (χ4v) is 3.54. The van der Waals surface area contributed by atoms with Crippen LogP contribution >= 0.6 is 0 Å². The van der Waals surface area contributed by atoms with Crippen LogP contribution in [0.4, 0.5) is 0 Å². The Hall–Kier alpha value is -1.95. The van der Waals surface area contributed by atoms with Crippen LogP contribution < -0.4 is 5.32 Å². The Balaban J connectivity index is 1.93. The monoisotopic (exact) mass is 376 g/mol. The normalized spacial score (nSPS) is 12.3. The number of oxazole rings is 1. The summed E-state index contributed by atoms with van der Waals surface area (Å²) < 4.78 is 18.0. The van der Waals surface area contributed by atoms with E-state index in [1.807, 2.05) is 31.2 Å². The van der Waals surface area contributed by atoms with E-state index in [0.29, 0.717) is 29.8 Å². The first-order chi connectivity index (χ1) is 12.4. The summed E-state index contributed by atoms with van der Waals surface area (Å²) >= 11 is 0. The third kappa shape index (κ3) is 6.09. The Bertz CT molecular complexity index is 751. The van der Waals surface area contributed by atoms with E-state index >= 15 is 0 Å². The number of hydrogen-bond acceptors (Lipinski definition) is 4. The molecular formula is C20H28N2O3S. The molecule has 0 aliphatic rings. The smallest absolute Gasteiger partial charge is 0.232 e. The van der Waals surface area contributed by atoms with Crippen molar-refractivity contribution in [3.8, 4) is 11.5 Å². The average Bonchev–Trinajstić information content (AvgIpc) is 2.95. The second-order valence-electron chi connectivity index (χ2n) is 6.83. The highest BCUT2D eigenvalue weighted by Crippen LogP contribution is 2.23. The number of carbonyl (C=O) groups is 1. The maximum Gasteiger partial charge on any atom is 0.232 e. The highest BCUT2D eigenvalue weighted by Gasteiger charge is 2.16. The molecule has 6 heteroatoms. The van der Waals surface area contributed by atoms with Crippen LogP contribution in [-0.2, 0) is 27.8 Å². The molecule has 0 spiro atoms. The molecule has 142 valence electrons. The molecule has 1 N–H and O–H groups in total. The molecular weight excluding hydrogens is 348 g/mol. The number of aryl methyl sites for hydroxylation is 2. The summed E-state index contributed by atoms with van der Waals surface area (Å²) in [6.45, 7) is 8.74. The average molecular weight is 377 g/mol. The quantitative estimate of drug-likeness (QED) is 0.725. The zero-order chi connectivity index (χ0) is 19.1. The number of hydrogen-bond donors (Lipinski definition) is 1. The first-order valence-electron chi connectivity index (χ1n) is 9.06. The van der Waals surface area contributed by atoms with E-state index in [9.17, 15) is 9.00 Å². The van der Waals surface area contributed by atoms with Crippen molar-refractivity contribution in [3.05, 3.63) is 41.3 Å². The van der Waals surface area contributed by atoms with E-state index in [1.165, 1.54) is 5.56 Å². The van der Waals surface area contributed by atoms with Gasteiger partial charge in [0.15, 0.2) is 0 Å². The summed E-state index contributed by atoms with van der Waals surface area (Å²) in [6.07, 6.45) is 1.90. The van der Waals surface area contributed by atoms with Gasteiger partial charge in [-0.05, 0) is 43.4 Å².